The maximum absolute atomic E-state index is 12.4. The number of benzene rings is 1. The van der Waals surface area contributed by atoms with Crippen molar-refractivity contribution >= 4 is 34.2 Å². The number of aliphatic hydroxyl groups is 1. The van der Waals surface area contributed by atoms with E-state index in [1.54, 1.807) is 24.3 Å². The van der Waals surface area contributed by atoms with Crippen LogP contribution in [0.25, 0.3) is 11.0 Å². The lowest BCUT2D eigenvalue weighted by Gasteiger charge is -2.07. The number of fused-ring (bicyclic) bond motifs is 1. The van der Waals surface area contributed by atoms with Crippen molar-refractivity contribution < 1.29 is 9.90 Å². The highest BCUT2D eigenvalue weighted by molar-refractivity contribution is 6.30. The first-order valence-corrected chi connectivity index (χ1v) is 7.53. The molecule has 24 heavy (non-hydrogen) atoms. The fourth-order valence-corrected chi connectivity index (χ4v) is 2.38. The molecule has 0 spiro atoms. The fraction of sp³-hybridized carbons (Fsp3) is 0.200. The number of nitrogens with one attached hydrogen (secondary N) is 1. The smallest absolute Gasteiger partial charge is 0.264 e. The topological polar surface area (TPSA) is 102 Å². The largest absolute Gasteiger partial charge is 0.394 e. The van der Waals surface area contributed by atoms with Gasteiger partial charge in [-0.25, -0.2) is 9.67 Å². The Kier molecular flexibility index (Phi) is 4.59. The number of hydrogen-bond donors (Lipinski definition) is 2. The van der Waals surface area contributed by atoms with Crippen LogP contribution in [0.5, 0.6) is 0 Å². The molecule has 0 aliphatic carbocycles. The lowest BCUT2D eigenvalue weighted by atomic mass is 10.3. The van der Waals surface area contributed by atoms with Crippen LogP contribution in [0.1, 0.15) is 0 Å². The number of aromatic nitrogens is 4. The molecule has 0 bridgehead atoms. The van der Waals surface area contributed by atoms with Gasteiger partial charge in [0.25, 0.3) is 5.56 Å². The lowest BCUT2D eigenvalue weighted by Crippen LogP contribution is -2.27. The van der Waals surface area contributed by atoms with Crippen LogP contribution in [0, 0.1) is 0 Å². The Morgan fingerprint density at radius 1 is 1.29 bits per heavy atom. The summed E-state index contributed by atoms with van der Waals surface area (Å²) in [6, 6.07) is 6.66. The molecule has 2 aromatic heterocycles. The molecule has 2 N–H and O–H groups in total. The summed E-state index contributed by atoms with van der Waals surface area (Å²) in [5.41, 5.74) is 0.598. The van der Waals surface area contributed by atoms with Gasteiger partial charge in [-0.15, -0.1) is 0 Å². The molecule has 3 rings (SSSR count). The molecule has 2 heterocycles. The van der Waals surface area contributed by atoms with Crippen molar-refractivity contribution in [2.45, 2.75) is 13.1 Å². The zero-order valence-corrected chi connectivity index (χ0v) is 13.3. The second kappa shape index (κ2) is 6.81. The Morgan fingerprint density at radius 2 is 2.04 bits per heavy atom. The number of hydrogen-bond acceptors (Lipinski definition) is 5. The van der Waals surface area contributed by atoms with E-state index >= 15 is 0 Å². The summed E-state index contributed by atoms with van der Waals surface area (Å²) in [7, 11) is 0. The number of aliphatic hydroxyl groups excluding tert-OH is 1. The van der Waals surface area contributed by atoms with Crippen molar-refractivity contribution in [1.29, 1.82) is 0 Å². The molecular formula is C15H14ClN5O3. The average molecular weight is 348 g/mol. The van der Waals surface area contributed by atoms with Crippen LogP contribution in [-0.4, -0.2) is 37.0 Å². The summed E-state index contributed by atoms with van der Waals surface area (Å²) in [6.45, 7) is -0.0301. The first-order valence-electron chi connectivity index (χ1n) is 7.15. The molecule has 3 aromatic rings. The van der Waals surface area contributed by atoms with Crippen molar-refractivity contribution in [3.05, 3.63) is 52.2 Å². The lowest BCUT2D eigenvalue weighted by molar-refractivity contribution is -0.116. The third kappa shape index (κ3) is 3.29. The summed E-state index contributed by atoms with van der Waals surface area (Å²) < 4.78 is 2.65. The van der Waals surface area contributed by atoms with Crippen molar-refractivity contribution in [1.82, 2.24) is 19.3 Å². The quantitative estimate of drug-likeness (QED) is 0.713. The fourth-order valence-electron chi connectivity index (χ4n) is 2.26. The zero-order valence-electron chi connectivity index (χ0n) is 12.5. The SMILES string of the molecule is O=C(Cn1cnc2c(cnn2CCO)c1=O)Nc1ccc(Cl)cc1. The minimum Gasteiger partial charge on any atom is -0.394 e. The number of amides is 1. The Bertz CT molecular complexity index is 932. The van der Waals surface area contributed by atoms with Crippen LogP contribution in [0.2, 0.25) is 5.02 Å². The van der Waals surface area contributed by atoms with Gasteiger partial charge < -0.3 is 10.4 Å². The molecule has 0 unspecified atom stereocenters. The molecule has 0 fully saturated rings. The van der Waals surface area contributed by atoms with Crippen molar-refractivity contribution in [3.8, 4) is 0 Å². The highest BCUT2D eigenvalue weighted by Gasteiger charge is 2.12. The number of anilines is 1. The predicted octanol–water partition coefficient (Wildman–Crippen LogP) is 0.877. The number of carbonyl (C=O) groups excluding carboxylic acids is 1. The highest BCUT2D eigenvalue weighted by atomic mass is 35.5. The van der Waals surface area contributed by atoms with Gasteiger partial charge in [0, 0.05) is 10.7 Å². The second-order valence-electron chi connectivity index (χ2n) is 5.06. The van der Waals surface area contributed by atoms with Gasteiger partial charge in [0.15, 0.2) is 5.65 Å². The normalized spacial score (nSPS) is 10.9. The summed E-state index contributed by atoms with van der Waals surface area (Å²) >= 11 is 5.79. The van der Waals surface area contributed by atoms with E-state index in [0.717, 1.165) is 0 Å². The van der Waals surface area contributed by atoms with Crippen molar-refractivity contribution in [3.63, 3.8) is 0 Å². The molecule has 0 radical (unpaired) electrons. The molecule has 0 aliphatic heterocycles. The van der Waals surface area contributed by atoms with E-state index in [0.29, 0.717) is 21.7 Å². The molecule has 9 heteroatoms. The summed E-state index contributed by atoms with van der Waals surface area (Å²) in [6.07, 6.45) is 2.68. The van der Waals surface area contributed by atoms with Crippen LogP contribution < -0.4 is 10.9 Å². The number of rotatable bonds is 5. The Labute approximate surface area is 141 Å². The van der Waals surface area contributed by atoms with E-state index in [-0.39, 0.29) is 31.2 Å². The van der Waals surface area contributed by atoms with E-state index in [1.807, 2.05) is 0 Å². The first-order chi connectivity index (χ1) is 11.6. The van der Waals surface area contributed by atoms with Gasteiger partial charge in [-0.3, -0.25) is 14.2 Å². The molecule has 1 amide bonds. The van der Waals surface area contributed by atoms with Gasteiger partial charge in [0.05, 0.1) is 19.3 Å². The Morgan fingerprint density at radius 3 is 2.75 bits per heavy atom. The molecule has 0 aliphatic rings. The molecule has 0 atom stereocenters. The van der Waals surface area contributed by atoms with Gasteiger partial charge in [0.2, 0.25) is 5.91 Å². The van der Waals surface area contributed by atoms with E-state index in [1.165, 1.54) is 21.8 Å². The molecule has 1 aromatic carbocycles. The van der Waals surface area contributed by atoms with Gasteiger partial charge in [0.1, 0.15) is 18.3 Å². The minimum atomic E-state index is -0.365. The van der Waals surface area contributed by atoms with Crippen molar-refractivity contribution in [2.75, 3.05) is 11.9 Å². The Balaban J connectivity index is 1.79. The Hall–Kier alpha value is -2.71. The third-order valence-electron chi connectivity index (χ3n) is 3.38. The van der Waals surface area contributed by atoms with E-state index in [9.17, 15) is 9.59 Å². The number of carbonyl (C=O) groups is 1. The first kappa shape index (κ1) is 16.2. The summed E-state index contributed by atoms with van der Waals surface area (Å²) in [5, 5.41) is 16.5. The van der Waals surface area contributed by atoms with Crippen LogP contribution in [0.4, 0.5) is 5.69 Å². The van der Waals surface area contributed by atoms with E-state index in [2.05, 4.69) is 15.4 Å². The average Bonchev–Trinajstić information content (AvgIpc) is 2.97. The van der Waals surface area contributed by atoms with Gasteiger partial charge in [-0.2, -0.15) is 5.10 Å². The molecule has 0 saturated carbocycles. The number of nitrogens with zero attached hydrogens (tertiary/aromatic N) is 4. The summed E-state index contributed by atoms with van der Waals surface area (Å²) in [4.78, 5) is 28.6. The van der Waals surface area contributed by atoms with Gasteiger partial charge in [-0.05, 0) is 24.3 Å². The monoisotopic (exact) mass is 347 g/mol. The third-order valence-corrected chi connectivity index (χ3v) is 3.63. The maximum Gasteiger partial charge on any atom is 0.264 e. The number of halogens is 1. The van der Waals surface area contributed by atoms with Gasteiger partial charge >= 0.3 is 0 Å². The second-order valence-corrected chi connectivity index (χ2v) is 5.50. The molecule has 0 saturated heterocycles. The van der Waals surface area contributed by atoms with Gasteiger partial charge in [-0.1, -0.05) is 11.6 Å². The predicted molar refractivity (Wildman–Crippen MR) is 89.0 cm³/mol. The molecule has 8 nitrogen and oxygen atoms in total. The van der Waals surface area contributed by atoms with E-state index < -0.39 is 0 Å². The summed E-state index contributed by atoms with van der Waals surface area (Å²) in [5.74, 6) is -0.358. The highest BCUT2D eigenvalue weighted by Crippen LogP contribution is 2.13. The van der Waals surface area contributed by atoms with Crippen LogP contribution in [0.3, 0.4) is 0 Å². The molecule has 124 valence electrons. The molecular weight excluding hydrogens is 334 g/mol. The van der Waals surface area contributed by atoms with E-state index in [4.69, 9.17) is 16.7 Å². The van der Waals surface area contributed by atoms with Crippen molar-refractivity contribution in [2.24, 2.45) is 0 Å². The standard InChI is InChI=1S/C15H14ClN5O3/c16-10-1-3-11(4-2-10)19-13(23)8-20-9-17-14-12(15(20)24)7-18-21(14)5-6-22/h1-4,7,9,22H,5-6,8H2,(H,19,23). The van der Waals surface area contributed by atoms with Crippen LogP contribution in [0.15, 0.2) is 41.6 Å². The minimum absolute atomic E-state index is 0.106. The zero-order chi connectivity index (χ0) is 17.1. The van der Waals surface area contributed by atoms with Crippen LogP contribution in [-0.2, 0) is 17.9 Å². The van der Waals surface area contributed by atoms with Crippen LogP contribution >= 0.6 is 11.6 Å². The maximum atomic E-state index is 12.4.